The van der Waals surface area contributed by atoms with Gasteiger partial charge in [0.15, 0.2) is 0 Å². The average molecular weight is 362 g/mol. The van der Waals surface area contributed by atoms with Crippen molar-refractivity contribution in [3.63, 3.8) is 0 Å². The van der Waals surface area contributed by atoms with Crippen molar-refractivity contribution in [1.82, 2.24) is 0 Å². The topological polar surface area (TPSA) is 72.2 Å². The van der Waals surface area contributed by atoms with Gasteiger partial charge < -0.3 is 11.1 Å². The highest BCUT2D eigenvalue weighted by atomic mass is 32.2. The maximum Gasteiger partial charge on any atom is 0.248 e. The van der Waals surface area contributed by atoms with E-state index in [2.05, 4.69) is 5.32 Å². The molecule has 0 bridgehead atoms. The molecule has 2 rings (SSSR count). The molecule has 4 nitrogen and oxygen atoms in total. The van der Waals surface area contributed by atoms with Crippen LogP contribution in [-0.4, -0.2) is 17.6 Å². The van der Waals surface area contributed by atoms with Crippen LogP contribution >= 0.6 is 11.8 Å². The van der Waals surface area contributed by atoms with Crippen LogP contribution in [0, 0.1) is 11.6 Å². The fourth-order valence-electron chi connectivity index (χ4n) is 1.96. The lowest BCUT2D eigenvalue weighted by Crippen LogP contribution is -2.11. The molecule has 0 heterocycles. The summed E-state index contributed by atoms with van der Waals surface area (Å²) in [5, 5.41) is 2.65. The number of halogens is 2. The maximum atomic E-state index is 13.5. The standard InChI is InChI=1S/C18H16F2N2O2S/c19-13-4-3-5-14(20)12(13)8-9-18(24)22-15-6-1-2-7-16(15)25-11-10-17(21)23/h1-9H,10-11H2,(H2,21,23)(H,22,24). The van der Waals surface area contributed by atoms with Crippen LogP contribution in [0.2, 0.25) is 0 Å². The normalized spacial score (nSPS) is 10.8. The molecule has 0 spiro atoms. The summed E-state index contributed by atoms with van der Waals surface area (Å²) in [5.41, 5.74) is 5.37. The second-order valence-corrected chi connectivity index (χ2v) is 6.16. The first-order valence-corrected chi connectivity index (χ1v) is 8.39. The first-order chi connectivity index (χ1) is 12.0. The van der Waals surface area contributed by atoms with E-state index in [1.807, 2.05) is 0 Å². The number of benzene rings is 2. The molecule has 0 unspecified atom stereocenters. The van der Waals surface area contributed by atoms with Gasteiger partial charge in [-0.25, -0.2) is 8.78 Å². The monoisotopic (exact) mass is 362 g/mol. The van der Waals surface area contributed by atoms with Crippen LogP contribution in [0.1, 0.15) is 12.0 Å². The van der Waals surface area contributed by atoms with E-state index < -0.39 is 23.4 Å². The van der Waals surface area contributed by atoms with Gasteiger partial charge in [0.05, 0.1) is 5.69 Å². The molecule has 0 aliphatic carbocycles. The number of rotatable bonds is 7. The third kappa shape index (κ3) is 5.72. The molecule has 0 saturated carbocycles. The Morgan fingerprint density at radius 2 is 1.76 bits per heavy atom. The summed E-state index contributed by atoms with van der Waals surface area (Å²) >= 11 is 1.38. The van der Waals surface area contributed by atoms with Crippen molar-refractivity contribution in [1.29, 1.82) is 0 Å². The smallest absolute Gasteiger partial charge is 0.248 e. The highest BCUT2D eigenvalue weighted by Crippen LogP contribution is 2.27. The Bertz CT molecular complexity index is 789. The Labute approximate surface area is 148 Å². The van der Waals surface area contributed by atoms with Crippen molar-refractivity contribution in [3.05, 3.63) is 65.7 Å². The predicted molar refractivity (Wildman–Crippen MR) is 95.0 cm³/mol. The molecule has 3 N–H and O–H groups in total. The zero-order chi connectivity index (χ0) is 18.2. The summed E-state index contributed by atoms with van der Waals surface area (Å²) in [5.74, 6) is -1.93. The van der Waals surface area contributed by atoms with Gasteiger partial charge in [0.2, 0.25) is 11.8 Å². The number of carbonyl (C=O) groups excluding carboxylic acids is 2. The van der Waals surface area contributed by atoms with Gasteiger partial charge >= 0.3 is 0 Å². The molecule has 0 saturated heterocycles. The molecule has 0 radical (unpaired) electrons. The molecule has 0 aromatic heterocycles. The van der Waals surface area contributed by atoms with Crippen LogP contribution in [0.25, 0.3) is 6.08 Å². The fourth-order valence-corrected chi connectivity index (χ4v) is 2.93. The highest BCUT2D eigenvalue weighted by molar-refractivity contribution is 7.99. The fraction of sp³-hybridized carbons (Fsp3) is 0.111. The maximum absolute atomic E-state index is 13.5. The summed E-state index contributed by atoms with van der Waals surface area (Å²) in [6.07, 6.45) is 2.37. The van der Waals surface area contributed by atoms with Gasteiger partial charge in [-0.1, -0.05) is 18.2 Å². The average Bonchev–Trinajstić information content (AvgIpc) is 2.55. The van der Waals surface area contributed by atoms with E-state index in [9.17, 15) is 18.4 Å². The molecule has 0 atom stereocenters. The van der Waals surface area contributed by atoms with Crippen LogP contribution < -0.4 is 11.1 Å². The Hall–Kier alpha value is -2.67. The van der Waals surface area contributed by atoms with Gasteiger partial charge in [-0.3, -0.25) is 9.59 Å². The van der Waals surface area contributed by atoms with Crippen LogP contribution in [0.4, 0.5) is 14.5 Å². The van der Waals surface area contributed by atoms with E-state index in [0.717, 1.165) is 29.2 Å². The number of para-hydroxylation sites is 1. The Kier molecular flexibility index (Phi) is 6.71. The van der Waals surface area contributed by atoms with Gasteiger partial charge in [0, 0.05) is 28.7 Å². The predicted octanol–water partition coefficient (Wildman–Crippen LogP) is 3.58. The van der Waals surface area contributed by atoms with Crippen LogP contribution in [0.5, 0.6) is 0 Å². The minimum Gasteiger partial charge on any atom is -0.370 e. The molecule has 7 heteroatoms. The first-order valence-electron chi connectivity index (χ1n) is 7.40. The van der Waals surface area contributed by atoms with Crippen molar-refractivity contribution in [2.75, 3.05) is 11.1 Å². The largest absolute Gasteiger partial charge is 0.370 e. The van der Waals surface area contributed by atoms with Crippen molar-refractivity contribution in [2.45, 2.75) is 11.3 Å². The van der Waals surface area contributed by atoms with Crippen molar-refractivity contribution >= 4 is 35.3 Å². The van der Waals surface area contributed by atoms with Gasteiger partial charge in [-0.05, 0) is 30.3 Å². The second-order valence-electron chi connectivity index (χ2n) is 5.02. The number of amides is 2. The van der Waals surface area contributed by atoms with Gasteiger partial charge in [0.1, 0.15) is 11.6 Å². The first kappa shape index (κ1) is 18.7. The van der Waals surface area contributed by atoms with Crippen molar-refractivity contribution in [2.24, 2.45) is 5.73 Å². The second kappa shape index (κ2) is 8.98. The van der Waals surface area contributed by atoms with E-state index in [1.54, 1.807) is 24.3 Å². The molecule has 2 aromatic rings. The number of hydrogen-bond acceptors (Lipinski definition) is 3. The molecule has 0 fully saturated rings. The summed E-state index contributed by atoms with van der Waals surface area (Å²) in [7, 11) is 0. The number of nitrogens with two attached hydrogens (primary N) is 1. The van der Waals surface area contributed by atoms with E-state index in [0.29, 0.717) is 11.4 Å². The van der Waals surface area contributed by atoms with Crippen LogP contribution in [0.3, 0.4) is 0 Å². The van der Waals surface area contributed by atoms with E-state index in [4.69, 9.17) is 5.73 Å². The summed E-state index contributed by atoms with van der Waals surface area (Å²) < 4.78 is 27.1. The number of nitrogens with one attached hydrogen (secondary N) is 1. The minimum atomic E-state index is -0.744. The Morgan fingerprint density at radius 3 is 2.44 bits per heavy atom. The molecule has 2 aromatic carbocycles. The number of thioether (sulfide) groups is 1. The van der Waals surface area contributed by atoms with Crippen LogP contribution in [-0.2, 0) is 9.59 Å². The highest BCUT2D eigenvalue weighted by Gasteiger charge is 2.08. The molecule has 0 aliphatic heterocycles. The number of carbonyl (C=O) groups is 2. The molecule has 0 aliphatic rings. The van der Waals surface area contributed by atoms with Gasteiger partial charge in [-0.2, -0.15) is 0 Å². The number of anilines is 1. The van der Waals surface area contributed by atoms with E-state index in [-0.39, 0.29) is 12.0 Å². The zero-order valence-corrected chi connectivity index (χ0v) is 14.0. The van der Waals surface area contributed by atoms with Crippen molar-refractivity contribution < 1.29 is 18.4 Å². The third-order valence-electron chi connectivity index (χ3n) is 3.15. The molecule has 130 valence electrons. The van der Waals surface area contributed by atoms with E-state index in [1.165, 1.54) is 17.8 Å². The lowest BCUT2D eigenvalue weighted by atomic mass is 10.2. The van der Waals surface area contributed by atoms with Gasteiger partial charge in [0.25, 0.3) is 0 Å². The van der Waals surface area contributed by atoms with Crippen LogP contribution in [0.15, 0.2) is 53.4 Å². The Balaban J connectivity index is 2.05. The third-order valence-corrected chi connectivity index (χ3v) is 4.23. The summed E-state index contributed by atoms with van der Waals surface area (Å²) in [4.78, 5) is 23.6. The molecular formula is C18H16F2N2O2S. The molecule has 25 heavy (non-hydrogen) atoms. The zero-order valence-electron chi connectivity index (χ0n) is 13.2. The summed E-state index contributed by atoms with van der Waals surface area (Å²) in [6, 6.07) is 10.5. The summed E-state index contributed by atoms with van der Waals surface area (Å²) in [6.45, 7) is 0. The quantitative estimate of drug-likeness (QED) is 0.584. The SMILES string of the molecule is NC(=O)CCSc1ccccc1NC(=O)C=Cc1c(F)cccc1F. The molecule has 2 amide bonds. The lowest BCUT2D eigenvalue weighted by Gasteiger charge is -2.09. The van der Waals surface area contributed by atoms with Crippen molar-refractivity contribution in [3.8, 4) is 0 Å². The van der Waals surface area contributed by atoms with E-state index >= 15 is 0 Å². The van der Waals surface area contributed by atoms with Gasteiger partial charge in [-0.15, -0.1) is 11.8 Å². The lowest BCUT2D eigenvalue weighted by molar-refractivity contribution is -0.117. The molecular weight excluding hydrogens is 346 g/mol. The number of primary amides is 1. The Morgan fingerprint density at radius 1 is 1.08 bits per heavy atom. The minimum absolute atomic E-state index is 0.222. The number of hydrogen-bond donors (Lipinski definition) is 2.